The van der Waals surface area contributed by atoms with E-state index in [0.717, 1.165) is 73.0 Å². The number of aryl methyl sites for hydroxylation is 1. The molecule has 0 spiro atoms. The molecule has 1 N–H and O–H groups in total. The Labute approximate surface area is 216 Å². The van der Waals surface area contributed by atoms with Crippen molar-refractivity contribution in [1.82, 2.24) is 9.88 Å². The molecular formula is C29H30ClFN2O3. The molecule has 0 saturated carbocycles. The molecule has 4 rings (SSSR count). The van der Waals surface area contributed by atoms with E-state index in [4.69, 9.17) is 16.3 Å². The van der Waals surface area contributed by atoms with Gasteiger partial charge < -0.3 is 9.84 Å². The first kappa shape index (κ1) is 25.9. The minimum absolute atomic E-state index is 0.167. The fourth-order valence-corrected chi connectivity index (χ4v) is 5.28. The predicted molar refractivity (Wildman–Crippen MR) is 140 cm³/mol. The Kier molecular flexibility index (Phi) is 8.45. The number of carbonyl (C=O) groups is 1. The third-order valence-electron chi connectivity index (χ3n) is 7.09. The smallest absolute Gasteiger partial charge is 0.303 e. The molecule has 0 radical (unpaired) electrons. The number of ether oxygens (including phenoxy) is 1. The Hall–Kier alpha value is -3.14. The van der Waals surface area contributed by atoms with Gasteiger partial charge in [0.05, 0.1) is 30.6 Å². The standard InChI is InChI=1S/C29H30ClFN2O3/c1-36-23-10-11-27-25(18-23)24(26(30)20-32-27)5-2-12-29(19-28(34)35)13-16-33(17-14-29)15-3-4-21-6-8-22(31)9-7-21/h6-11,18,20H,2,5,12-17,19H2,1H3,(H,34,35). The van der Waals surface area contributed by atoms with Gasteiger partial charge in [-0.05, 0) is 98.6 Å². The zero-order chi connectivity index (χ0) is 25.5. The molecule has 2 heterocycles. The van der Waals surface area contributed by atoms with Gasteiger partial charge in [-0.1, -0.05) is 23.4 Å². The van der Waals surface area contributed by atoms with Crippen LogP contribution in [0.4, 0.5) is 4.39 Å². The van der Waals surface area contributed by atoms with Gasteiger partial charge in [-0.2, -0.15) is 0 Å². The Morgan fingerprint density at radius 3 is 2.67 bits per heavy atom. The third kappa shape index (κ3) is 6.54. The number of aromatic nitrogens is 1. The van der Waals surface area contributed by atoms with Crippen LogP contribution in [0.1, 0.15) is 43.2 Å². The first-order valence-electron chi connectivity index (χ1n) is 12.2. The van der Waals surface area contributed by atoms with Crippen molar-refractivity contribution in [1.29, 1.82) is 0 Å². The lowest BCUT2D eigenvalue weighted by molar-refractivity contribution is -0.140. The zero-order valence-corrected chi connectivity index (χ0v) is 21.2. The van der Waals surface area contributed by atoms with Crippen LogP contribution >= 0.6 is 11.6 Å². The Morgan fingerprint density at radius 2 is 1.97 bits per heavy atom. The zero-order valence-electron chi connectivity index (χ0n) is 20.4. The van der Waals surface area contributed by atoms with Crippen LogP contribution in [0.3, 0.4) is 0 Å². The molecule has 7 heteroatoms. The molecule has 0 unspecified atom stereocenters. The molecule has 1 aromatic heterocycles. The normalized spacial score (nSPS) is 15.3. The largest absolute Gasteiger partial charge is 0.497 e. The van der Waals surface area contributed by atoms with E-state index in [-0.39, 0.29) is 17.7 Å². The van der Waals surface area contributed by atoms with Gasteiger partial charge in [-0.25, -0.2) is 4.39 Å². The molecule has 36 heavy (non-hydrogen) atoms. The molecule has 2 aromatic carbocycles. The van der Waals surface area contributed by atoms with Crippen molar-refractivity contribution in [2.24, 2.45) is 5.41 Å². The van der Waals surface area contributed by atoms with E-state index in [1.807, 2.05) is 18.2 Å². The Balaban J connectivity index is 1.38. The predicted octanol–water partition coefficient (Wildman–Crippen LogP) is 5.97. The second-order valence-electron chi connectivity index (χ2n) is 9.48. The van der Waals surface area contributed by atoms with Crippen molar-refractivity contribution in [2.45, 2.75) is 38.5 Å². The highest BCUT2D eigenvalue weighted by Gasteiger charge is 2.36. The van der Waals surface area contributed by atoms with E-state index in [1.165, 1.54) is 12.1 Å². The lowest BCUT2D eigenvalue weighted by Gasteiger charge is -2.40. The summed E-state index contributed by atoms with van der Waals surface area (Å²) in [6, 6.07) is 11.9. The number of benzene rings is 2. The lowest BCUT2D eigenvalue weighted by atomic mass is 9.72. The maximum absolute atomic E-state index is 13.1. The minimum Gasteiger partial charge on any atom is -0.497 e. The van der Waals surface area contributed by atoms with E-state index >= 15 is 0 Å². The van der Waals surface area contributed by atoms with Crippen LogP contribution in [0.25, 0.3) is 10.9 Å². The van der Waals surface area contributed by atoms with Crippen molar-refractivity contribution < 1.29 is 19.0 Å². The highest BCUT2D eigenvalue weighted by Crippen LogP contribution is 2.40. The number of methoxy groups -OCH3 is 1. The van der Waals surface area contributed by atoms with Gasteiger partial charge in [0.2, 0.25) is 0 Å². The van der Waals surface area contributed by atoms with E-state index in [1.54, 1.807) is 25.4 Å². The Bertz CT molecular complexity index is 1280. The summed E-state index contributed by atoms with van der Waals surface area (Å²) in [6.07, 6.45) is 5.89. The summed E-state index contributed by atoms with van der Waals surface area (Å²) in [5.74, 6) is 5.97. The average molecular weight is 509 g/mol. The number of likely N-dealkylation sites (tertiary alicyclic amines) is 1. The van der Waals surface area contributed by atoms with E-state index in [9.17, 15) is 14.3 Å². The molecule has 0 bridgehead atoms. The maximum Gasteiger partial charge on any atom is 0.303 e. The number of hydrogen-bond donors (Lipinski definition) is 1. The van der Waals surface area contributed by atoms with Crippen LogP contribution in [-0.2, 0) is 11.2 Å². The van der Waals surface area contributed by atoms with Gasteiger partial charge in [0.1, 0.15) is 11.6 Å². The fraction of sp³-hybridized carbons (Fsp3) is 0.379. The van der Waals surface area contributed by atoms with Crippen LogP contribution in [0.2, 0.25) is 5.02 Å². The van der Waals surface area contributed by atoms with Gasteiger partial charge in [-0.15, -0.1) is 0 Å². The number of halogens is 2. The van der Waals surface area contributed by atoms with Crippen molar-refractivity contribution in [2.75, 3.05) is 26.7 Å². The molecule has 3 aromatic rings. The van der Waals surface area contributed by atoms with Crippen molar-refractivity contribution in [3.05, 3.63) is 70.6 Å². The molecular weight excluding hydrogens is 479 g/mol. The quantitative estimate of drug-likeness (QED) is 0.380. The molecule has 5 nitrogen and oxygen atoms in total. The lowest BCUT2D eigenvalue weighted by Crippen LogP contribution is -2.41. The monoisotopic (exact) mass is 508 g/mol. The molecule has 188 valence electrons. The summed E-state index contributed by atoms with van der Waals surface area (Å²) >= 11 is 6.52. The molecule has 0 aliphatic carbocycles. The maximum atomic E-state index is 13.1. The molecule has 0 amide bonds. The average Bonchev–Trinajstić information content (AvgIpc) is 2.87. The number of piperidine rings is 1. The van der Waals surface area contributed by atoms with Gasteiger partial charge in [-0.3, -0.25) is 14.7 Å². The summed E-state index contributed by atoms with van der Waals surface area (Å²) in [6.45, 7) is 2.23. The molecule has 1 saturated heterocycles. The Morgan fingerprint density at radius 1 is 1.22 bits per heavy atom. The number of fused-ring (bicyclic) bond motifs is 1. The van der Waals surface area contributed by atoms with Crippen molar-refractivity contribution >= 4 is 28.5 Å². The van der Waals surface area contributed by atoms with Crippen LogP contribution in [0.15, 0.2) is 48.7 Å². The van der Waals surface area contributed by atoms with Gasteiger partial charge in [0.25, 0.3) is 0 Å². The van der Waals surface area contributed by atoms with Crippen LogP contribution in [-0.4, -0.2) is 47.7 Å². The highest BCUT2D eigenvalue weighted by molar-refractivity contribution is 6.32. The summed E-state index contributed by atoms with van der Waals surface area (Å²) in [7, 11) is 1.63. The number of nitrogens with zero attached hydrogens (tertiary/aromatic N) is 2. The first-order valence-corrected chi connectivity index (χ1v) is 12.5. The van der Waals surface area contributed by atoms with Crippen LogP contribution < -0.4 is 4.74 Å². The number of aliphatic carboxylic acids is 1. The van der Waals surface area contributed by atoms with Crippen molar-refractivity contribution in [3.63, 3.8) is 0 Å². The third-order valence-corrected chi connectivity index (χ3v) is 7.42. The summed E-state index contributed by atoms with van der Waals surface area (Å²) in [4.78, 5) is 18.4. The number of rotatable bonds is 8. The van der Waals surface area contributed by atoms with Gasteiger partial charge in [0.15, 0.2) is 0 Å². The van der Waals surface area contributed by atoms with E-state index < -0.39 is 5.97 Å². The highest BCUT2D eigenvalue weighted by atomic mass is 35.5. The van der Waals surface area contributed by atoms with E-state index in [2.05, 4.69) is 21.7 Å². The number of hydrogen-bond acceptors (Lipinski definition) is 4. The van der Waals surface area contributed by atoms with Gasteiger partial charge in [0, 0.05) is 17.1 Å². The van der Waals surface area contributed by atoms with Gasteiger partial charge >= 0.3 is 5.97 Å². The molecule has 0 atom stereocenters. The molecule has 1 fully saturated rings. The second kappa shape index (κ2) is 11.7. The van der Waals surface area contributed by atoms with E-state index in [0.29, 0.717) is 11.6 Å². The number of carboxylic acids is 1. The SMILES string of the molecule is COc1ccc2ncc(Cl)c(CCCC3(CC(=O)O)CCN(CC#Cc4ccc(F)cc4)CC3)c2c1. The summed E-state index contributed by atoms with van der Waals surface area (Å²) < 4.78 is 18.4. The van der Waals surface area contributed by atoms with Crippen molar-refractivity contribution in [3.8, 4) is 17.6 Å². The minimum atomic E-state index is -0.753. The number of carboxylic acid groups (broad SMARTS) is 1. The molecule has 1 aliphatic rings. The van der Waals surface area contributed by atoms with Crippen LogP contribution in [0.5, 0.6) is 5.75 Å². The molecule has 1 aliphatic heterocycles. The second-order valence-corrected chi connectivity index (χ2v) is 9.88. The summed E-state index contributed by atoms with van der Waals surface area (Å²) in [5.41, 5.74) is 2.44. The first-order chi connectivity index (χ1) is 17.4. The number of pyridine rings is 1. The topological polar surface area (TPSA) is 62.7 Å². The van der Waals surface area contributed by atoms with Crippen LogP contribution in [0, 0.1) is 23.1 Å². The fourth-order valence-electron chi connectivity index (χ4n) is 5.03. The summed E-state index contributed by atoms with van der Waals surface area (Å²) in [5, 5.41) is 11.2.